The third kappa shape index (κ3) is 2.92. The van der Waals surface area contributed by atoms with Gasteiger partial charge in [-0.3, -0.25) is 16.0 Å². The van der Waals surface area contributed by atoms with Crippen LogP contribution in [0.15, 0.2) is 6.20 Å². The molecular weight excluding hydrogens is 286 g/mol. The SMILES string of the molecule is Cn1ncc(C(NN)C2CCOC3(CCSCC3)C2)c1N. The van der Waals surface area contributed by atoms with E-state index in [1.54, 1.807) is 4.68 Å². The summed E-state index contributed by atoms with van der Waals surface area (Å²) in [6.07, 6.45) is 6.19. The first-order chi connectivity index (χ1) is 10.2. The molecule has 5 N–H and O–H groups in total. The van der Waals surface area contributed by atoms with Gasteiger partial charge in [-0.15, -0.1) is 0 Å². The van der Waals surface area contributed by atoms with Crippen molar-refractivity contribution in [3.63, 3.8) is 0 Å². The largest absolute Gasteiger partial charge is 0.384 e. The average Bonchev–Trinajstić information content (AvgIpc) is 2.82. The van der Waals surface area contributed by atoms with Crippen LogP contribution in [0.3, 0.4) is 0 Å². The van der Waals surface area contributed by atoms with Gasteiger partial charge in [-0.25, -0.2) is 0 Å². The number of ether oxygens (including phenoxy) is 1. The Bertz CT molecular complexity index is 480. The summed E-state index contributed by atoms with van der Waals surface area (Å²) in [5.41, 5.74) is 10.2. The first-order valence-electron chi connectivity index (χ1n) is 7.60. The molecule has 118 valence electrons. The molecule has 2 fully saturated rings. The third-order valence-corrected chi connectivity index (χ3v) is 5.92. The number of hydrazine groups is 1. The molecule has 1 aromatic rings. The molecule has 2 saturated heterocycles. The van der Waals surface area contributed by atoms with E-state index in [2.05, 4.69) is 10.5 Å². The molecule has 1 aromatic heterocycles. The van der Waals surface area contributed by atoms with Crippen molar-refractivity contribution in [3.05, 3.63) is 11.8 Å². The number of nitrogens with zero attached hydrogens (tertiary/aromatic N) is 2. The second kappa shape index (κ2) is 6.16. The molecule has 2 aliphatic rings. The Morgan fingerprint density at radius 3 is 2.90 bits per heavy atom. The van der Waals surface area contributed by atoms with Gasteiger partial charge in [-0.05, 0) is 43.1 Å². The molecule has 0 radical (unpaired) electrons. The number of aromatic nitrogens is 2. The molecular formula is C14H25N5OS. The monoisotopic (exact) mass is 311 g/mol. The first-order valence-corrected chi connectivity index (χ1v) is 8.76. The molecule has 0 bridgehead atoms. The molecule has 3 heterocycles. The van der Waals surface area contributed by atoms with E-state index in [0.29, 0.717) is 11.7 Å². The van der Waals surface area contributed by atoms with E-state index in [4.69, 9.17) is 16.3 Å². The van der Waals surface area contributed by atoms with E-state index in [0.717, 1.165) is 37.9 Å². The Labute approximate surface area is 129 Å². The number of nitrogens with one attached hydrogen (secondary N) is 1. The quantitative estimate of drug-likeness (QED) is 0.574. The molecule has 21 heavy (non-hydrogen) atoms. The summed E-state index contributed by atoms with van der Waals surface area (Å²) in [5.74, 6) is 9.37. The van der Waals surface area contributed by atoms with E-state index in [1.165, 1.54) is 11.5 Å². The van der Waals surface area contributed by atoms with Crippen LogP contribution in [0, 0.1) is 5.92 Å². The predicted molar refractivity (Wildman–Crippen MR) is 85.7 cm³/mol. The van der Waals surface area contributed by atoms with Crippen molar-refractivity contribution < 1.29 is 4.74 Å². The topological polar surface area (TPSA) is 91.1 Å². The van der Waals surface area contributed by atoms with Crippen LogP contribution >= 0.6 is 11.8 Å². The Hall–Kier alpha value is -0.760. The summed E-state index contributed by atoms with van der Waals surface area (Å²) in [6, 6.07) is 0.0501. The highest BCUT2D eigenvalue weighted by atomic mass is 32.2. The zero-order chi connectivity index (χ0) is 14.9. The maximum atomic E-state index is 6.17. The smallest absolute Gasteiger partial charge is 0.126 e. The molecule has 0 aliphatic carbocycles. The lowest BCUT2D eigenvalue weighted by Crippen LogP contribution is -2.46. The lowest BCUT2D eigenvalue weighted by Gasteiger charge is -2.45. The van der Waals surface area contributed by atoms with Crippen LogP contribution in [-0.4, -0.2) is 33.5 Å². The Balaban J connectivity index is 1.79. The van der Waals surface area contributed by atoms with Crippen molar-refractivity contribution in [1.82, 2.24) is 15.2 Å². The molecule has 2 unspecified atom stereocenters. The van der Waals surface area contributed by atoms with Crippen molar-refractivity contribution in [2.24, 2.45) is 18.8 Å². The van der Waals surface area contributed by atoms with E-state index >= 15 is 0 Å². The third-order valence-electron chi connectivity index (χ3n) is 4.94. The van der Waals surface area contributed by atoms with Crippen LogP contribution < -0.4 is 17.0 Å². The van der Waals surface area contributed by atoms with E-state index < -0.39 is 0 Å². The minimum atomic E-state index is 0.0501. The number of nitrogen functional groups attached to an aromatic ring is 1. The van der Waals surface area contributed by atoms with Crippen molar-refractivity contribution in [2.45, 2.75) is 37.3 Å². The van der Waals surface area contributed by atoms with Gasteiger partial charge >= 0.3 is 0 Å². The lowest BCUT2D eigenvalue weighted by atomic mass is 9.77. The summed E-state index contributed by atoms with van der Waals surface area (Å²) in [7, 11) is 1.86. The van der Waals surface area contributed by atoms with E-state index in [-0.39, 0.29) is 11.6 Å². The maximum absolute atomic E-state index is 6.17. The van der Waals surface area contributed by atoms with Gasteiger partial charge in [0.05, 0.1) is 17.8 Å². The molecule has 0 saturated carbocycles. The highest BCUT2D eigenvalue weighted by Crippen LogP contribution is 2.43. The Kier molecular flexibility index (Phi) is 4.44. The van der Waals surface area contributed by atoms with Crippen LogP contribution in [0.1, 0.15) is 37.3 Å². The zero-order valence-corrected chi connectivity index (χ0v) is 13.4. The number of anilines is 1. The molecule has 1 spiro atoms. The van der Waals surface area contributed by atoms with Gasteiger partial charge in [0.1, 0.15) is 5.82 Å². The van der Waals surface area contributed by atoms with Crippen LogP contribution in [0.4, 0.5) is 5.82 Å². The number of hydrogen-bond donors (Lipinski definition) is 3. The van der Waals surface area contributed by atoms with Gasteiger partial charge in [-0.1, -0.05) is 0 Å². The molecule has 6 nitrogen and oxygen atoms in total. The number of thioether (sulfide) groups is 1. The lowest BCUT2D eigenvalue weighted by molar-refractivity contribution is -0.107. The highest BCUT2D eigenvalue weighted by Gasteiger charge is 2.41. The number of rotatable bonds is 3. The number of hydrogen-bond acceptors (Lipinski definition) is 6. The predicted octanol–water partition coefficient (Wildman–Crippen LogP) is 1.20. The van der Waals surface area contributed by atoms with Crippen molar-refractivity contribution in [3.8, 4) is 0 Å². The fourth-order valence-corrected chi connectivity index (χ4v) is 4.86. The second-order valence-corrected chi connectivity index (χ2v) is 7.37. The average molecular weight is 311 g/mol. The van der Waals surface area contributed by atoms with Crippen molar-refractivity contribution >= 4 is 17.6 Å². The fourth-order valence-electron chi connectivity index (χ4n) is 3.63. The van der Waals surface area contributed by atoms with Gasteiger partial charge in [0.2, 0.25) is 0 Å². The standard InChI is InChI=1S/C14H25N5OS/c1-19-13(15)11(9-17-19)12(18-16)10-2-5-20-14(8-10)3-6-21-7-4-14/h9-10,12,18H,2-8,15-16H2,1H3. The van der Waals surface area contributed by atoms with Crippen LogP contribution in [-0.2, 0) is 11.8 Å². The van der Waals surface area contributed by atoms with Crippen molar-refractivity contribution in [1.29, 1.82) is 0 Å². The van der Waals surface area contributed by atoms with Gasteiger partial charge < -0.3 is 10.5 Å². The van der Waals surface area contributed by atoms with Gasteiger partial charge in [0.25, 0.3) is 0 Å². The normalized spacial score (nSPS) is 26.9. The highest BCUT2D eigenvalue weighted by molar-refractivity contribution is 7.99. The molecule has 3 rings (SSSR count). The fraction of sp³-hybridized carbons (Fsp3) is 0.786. The minimum Gasteiger partial charge on any atom is -0.384 e. The molecule has 0 aromatic carbocycles. The van der Waals surface area contributed by atoms with Crippen LogP contribution in [0.5, 0.6) is 0 Å². The summed E-state index contributed by atoms with van der Waals surface area (Å²) < 4.78 is 7.87. The summed E-state index contributed by atoms with van der Waals surface area (Å²) in [5, 5.41) is 4.25. The molecule has 7 heteroatoms. The zero-order valence-electron chi connectivity index (χ0n) is 12.5. The molecule has 2 aliphatic heterocycles. The summed E-state index contributed by atoms with van der Waals surface area (Å²) in [4.78, 5) is 0. The van der Waals surface area contributed by atoms with Gasteiger partial charge in [0.15, 0.2) is 0 Å². The Morgan fingerprint density at radius 1 is 1.52 bits per heavy atom. The molecule has 2 atom stereocenters. The van der Waals surface area contributed by atoms with Crippen LogP contribution in [0.25, 0.3) is 0 Å². The summed E-state index contributed by atoms with van der Waals surface area (Å²) in [6.45, 7) is 0.813. The Morgan fingerprint density at radius 2 is 2.29 bits per heavy atom. The summed E-state index contributed by atoms with van der Waals surface area (Å²) >= 11 is 2.03. The number of nitrogens with two attached hydrogens (primary N) is 2. The van der Waals surface area contributed by atoms with E-state index in [9.17, 15) is 0 Å². The van der Waals surface area contributed by atoms with Gasteiger partial charge in [0, 0.05) is 19.2 Å². The van der Waals surface area contributed by atoms with Gasteiger partial charge in [-0.2, -0.15) is 16.9 Å². The molecule has 0 amide bonds. The number of aryl methyl sites for hydroxylation is 1. The van der Waals surface area contributed by atoms with Crippen LogP contribution in [0.2, 0.25) is 0 Å². The maximum Gasteiger partial charge on any atom is 0.126 e. The van der Waals surface area contributed by atoms with E-state index in [1.807, 2.05) is 25.0 Å². The minimum absolute atomic E-state index is 0.0501. The van der Waals surface area contributed by atoms with Crippen molar-refractivity contribution in [2.75, 3.05) is 23.8 Å². The second-order valence-electron chi connectivity index (χ2n) is 6.15. The first kappa shape index (κ1) is 15.1.